The maximum atomic E-state index is 6.23. The van der Waals surface area contributed by atoms with Gasteiger partial charge in [-0.3, -0.25) is 0 Å². The first kappa shape index (κ1) is 9.05. The van der Waals surface area contributed by atoms with Crippen LogP contribution >= 0.6 is 0 Å². The van der Waals surface area contributed by atoms with Crippen molar-refractivity contribution in [3.8, 4) is 0 Å². The highest BCUT2D eigenvalue weighted by atomic mass is 14.9. The maximum Gasteiger partial charge on any atom is 0.0212 e. The van der Waals surface area contributed by atoms with Gasteiger partial charge in [-0.2, -0.15) is 0 Å². The molecule has 0 heterocycles. The summed E-state index contributed by atoms with van der Waals surface area (Å²) in [6.45, 7) is 6.77. The first-order chi connectivity index (χ1) is 5.15. The van der Waals surface area contributed by atoms with Gasteiger partial charge < -0.3 is 5.73 Å². The third kappa shape index (κ3) is 1.58. The van der Waals surface area contributed by atoms with Gasteiger partial charge in [0.15, 0.2) is 0 Å². The van der Waals surface area contributed by atoms with Gasteiger partial charge in [-0.05, 0) is 24.7 Å². The van der Waals surface area contributed by atoms with Gasteiger partial charge in [0.1, 0.15) is 0 Å². The minimum Gasteiger partial charge on any atom is -0.325 e. The van der Waals surface area contributed by atoms with Crippen molar-refractivity contribution in [1.29, 1.82) is 0 Å². The van der Waals surface area contributed by atoms with E-state index in [0.29, 0.717) is 0 Å². The van der Waals surface area contributed by atoms with Crippen molar-refractivity contribution in [2.75, 3.05) is 0 Å². The predicted octanol–water partition coefficient (Wildman–Crippen LogP) is 2.55. The van der Waals surface area contributed by atoms with Crippen LogP contribution in [0, 0.1) is 11.8 Å². The van der Waals surface area contributed by atoms with E-state index >= 15 is 0 Å². The van der Waals surface area contributed by atoms with E-state index < -0.39 is 0 Å². The van der Waals surface area contributed by atoms with Gasteiger partial charge in [0.25, 0.3) is 0 Å². The number of rotatable bonds is 4. The third-order valence-corrected chi connectivity index (χ3v) is 3.37. The quantitative estimate of drug-likeness (QED) is 0.663. The van der Waals surface area contributed by atoms with E-state index in [9.17, 15) is 0 Å². The lowest BCUT2D eigenvalue weighted by Gasteiger charge is -2.18. The molecule has 0 aromatic heterocycles. The van der Waals surface area contributed by atoms with Gasteiger partial charge in [0, 0.05) is 5.54 Å². The molecule has 0 radical (unpaired) electrons. The van der Waals surface area contributed by atoms with Crippen molar-refractivity contribution in [2.24, 2.45) is 17.6 Å². The molecule has 0 aromatic rings. The maximum absolute atomic E-state index is 6.23. The van der Waals surface area contributed by atoms with Crippen molar-refractivity contribution in [1.82, 2.24) is 0 Å². The molecule has 1 heteroatoms. The van der Waals surface area contributed by atoms with Crippen LogP contribution in [0.1, 0.15) is 46.5 Å². The van der Waals surface area contributed by atoms with Crippen LogP contribution in [-0.4, -0.2) is 5.54 Å². The van der Waals surface area contributed by atoms with E-state index in [4.69, 9.17) is 5.73 Å². The lowest BCUT2D eigenvalue weighted by molar-refractivity contribution is 0.387. The summed E-state index contributed by atoms with van der Waals surface area (Å²) in [6.07, 6.45) is 5.13. The monoisotopic (exact) mass is 155 g/mol. The average Bonchev–Trinajstić information content (AvgIpc) is 2.63. The first-order valence-corrected chi connectivity index (χ1v) is 4.94. The van der Waals surface area contributed by atoms with Crippen LogP contribution in [-0.2, 0) is 0 Å². The van der Waals surface area contributed by atoms with E-state index in [1.807, 2.05) is 0 Å². The predicted molar refractivity (Wildman–Crippen MR) is 49.4 cm³/mol. The van der Waals surface area contributed by atoms with Crippen LogP contribution in [0.3, 0.4) is 0 Å². The second-order valence-electron chi connectivity index (χ2n) is 4.11. The average molecular weight is 155 g/mol. The molecule has 66 valence electrons. The number of hydrogen-bond donors (Lipinski definition) is 1. The number of hydrogen-bond acceptors (Lipinski definition) is 1. The van der Waals surface area contributed by atoms with Crippen molar-refractivity contribution >= 4 is 0 Å². The summed E-state index contributed by atoms with van der Waals surface area (Å²) in [4.78, 5) is 0. The van der Waals surface area contributed by atoms with Crippen molar-refractivity contribution in [3.05, 3.63) is 0 Å². The molecular formula is C10H21N. The molecule has 1 fully saturated rings. The Balaban J connectivity index is 2.35. The van der Waals surface area contributed by atoms with Gasteiger partial charge >= 0.3 is 0 Å². The zero-order valence-electron chi connectivity index (χ0n) is 8.06. The molecular weight excluding hydrogens is 134 g/mol. The lowest BCUT2D eigenvalue weighted by atomic mass is 9.94. The summed E-state index contributed by atoms with van der Waals surface area (Å²) < 4.78 is 0. The molecule has 3 atom stereocenters. The van der Waals surface area contributed by atoms with Gasteiger partial charge in [-0.15, -0.1) is 0 Å². The van der Waals surface area contributed by atoms with Crippen LogP contribution in [0.4, 0.5) is 0 Å². The molecule has 0 bridgehead atoms. The fraction of sp³-hybridized carbons (Fsp3) is 1.00. The topological polar surface area (TPSA) is 26.0 Å². The summed E-state index contributed by atoms with van der Waals surface area (Å²) >= 11 is 0. The van der Waals surface area contributed by atoms with Crippen LogP contribution in [0.25, 0.3) is 0 Å². The van der Waals surface area contributed by atoms with Crippen LogP contribution in [0.5, 0.6) is 0 Å². The van der Waals surface area contributed by atoms with Crippen LogP contribution in [0.15, 0.2) is 0 Å². The molecule has 2 N–H and O–H groups in total. The summed E-state index contributed by atoms with van der Waals surface area (Å²) in [7, 11) is 0. The minimum atomic E-state index is 0.227. The van der Waals surface area contributed by atoms with E-state index in [1.54, 1.807) is 0 Å². The summed E-state index contributed by atoms with van der Waals surface area (Å²) in [5.74, 6) is 1.56. The van der Waals surface area contributed by atoms with Gasteiger partial charge in [0.05, 0.1) is 0 Å². The standard InChI is InChI=1S/C10H21N/c1-4-6-9-7-10(9,11)8(3)5-2/h8-9H,4-7,11H2,1-3H3. The molecule has 1 nitrogen and oxygen atoms in total. The van der Waals surface area contributed by atoms with Crippen LogP contribution < -0.4 is 5.73 Å². The van der Waals surface area contributed by atoms with E-state index in [0.717, 1.165) is 11.8 Å². The Morgan fingerprint density at radius 1 is 1.55 bits per heavy atom. The Labute approximate surface area is 70.4 Å². The van der Waals surface area contributed by atoms with E-state index in [1.165, 1.54) is 25.7 Å². The molecule has 0 amide bonds. The largest absolute Gasteiger partial charge is 0.325 e. The Morgan fingerprint density at radius 3 is 2.64 bits per heavy atom. The molecule has 1 rings (SSSR count). The Morgan fingerprint density at radius 2 is 2.18 bits per heavy atom. The molecule has 0 spiro atoms. The summed E-state index contributed by atoms with van der Waals surface area (Å²) in [5, 5.41) is 0. The SMILES string of the molecule is CCCC1CC1(N)C(C)CC. The van der Waals surface area contributed by atoms with Crippen molar-refractivity contribution in [3.63, 3.8) is 0 Å². The highest BCUT2D eigenvalue weighted by Crippen LogP contribution is 2.50. The molecule has 0 saturated heterocycles. The van der Waals surface area contributed by atoms with Gasteiger partial charge in [0.2, 0.25) is 0 Å². The summed E-state index contributed by atoms with van der Waals surface area (Å²) in [6, 6.07) is 0. The van der Waals surface area contributed by atoms with Crippen LogP contribution in [0.2, 0.25) is 0 Å². The molecule has 1 saturated carbocycles. The lowest BCUT2D eigenvalue weighted by Crippen LogP contribution is -2.32. The highest BCUT2D eigenvalue weighted by Gasteiger charge is 2.52. The zero-order valence-corrected chi connectivity index (χ0v) is 8.06. The molecule has 3 unspecified atom stereocenters. The van der Waals surface area contributed by atoms with Crippen molar-refractivity contribution < 1.29 is 0 Å². The third-order valence-electron chi connectivity index (χ3n) is 3.37. The summed E-state index contributed by atoms with van der Waals surface area (Å²) in [5.41, 5.74) is 6.46. The zero-order chi connectivity index (χ0) is 8.48. The Hall–Kier alpha value is -0.0400. The first-order valence-electron chi connectivity index (χ1n) is 4.94. The molecule has 0 aromatic carbocycles. The van der Waals surface area contributed by atoms with Crippen molar-refractivity contribution in [2.45, 2.75) is 52.0 Å². The minimum absolute atomic E-state index is 0.227. The molecule has 11 heavy (non-hydrogen) atoms. The molecule has 1 aliphatic carbocycles. The Kier molecular flexibility index (Phi) is 2.58. The smallest absolute Gasteiger partial charge is 0.0212 e. The molecule has 0 aliphatic heterocycles. The Bertz CT molecular complexity index is 133. The van der Waals surface area contributed by atoms with Gasteiger partial charge in [-0.25, -0.2) is 0 Å². The van der Waals surface area contributed by atoms with E-state index in [-0.39, 0.29) is 5.54 Å². The van der Waals surface area contributed by atoms with Gasteiger partial charge in [-0.1, -0.05) is 33.6 Å². The fourth-order valence-electron chi connectivity index (χ4n) is 2.07. The second kappa shape index (κ2) is 3.14. The van der Waals surface area contributed by atoms with E-state index in [2.05, 4.69) is 20.8 Å². The second-order valence-corrected chi connectivity index (χ2v) is 4.11. The molecule has 1 aliphatic rings. The number of nitrogens with two attached hydrogens (primary N) is 1. The normalized spacial score (nSPS) is 38.7. The highest BCUT2D eigenvalue weighted by molar-refractivity contribution is 5.09. The fourth-order valence-corrected chi connectivity index (χ4v) is 2.07.